The first-order valence-electron chi connectivity index (χ1n) is 15.0. The molecule has 0 saturated heterocycles. The number of hydrogen-bond donors (Lipinski definition) is 1. The van der Waals surface area contributed by atoms with Crippen molar-refractivity contribution in [2.45, 2.75) is 100 Å². The van der Waals surface area contributed by atoms with Crippen LogP contribution < -0.4 is 5.32 Å². The fourth-order valence-electron chi connectivity index (χ4n) is 6.64. The second kappa shape index (κ2) is 13.5. The third-order valence-corrected chi connectivity index (χ3v) is 8.83. The Hall–Kier alpha value is -3.14. The lowest BCUT2D eigenvalue weighted by molar-refractivity contribution is -0.112. The van der Waals surface area contributed by atoms with Crippen molar-refractivity contribution in [2.75, 3.05) is 12.4 Å². The number of nitrogens with one attached hydrogen (secondary N) is 1. The van der Waals surface area contributed by atoms with Gasteiger partial charge in [-0.25, -0.2) is 0 Å². The van der Waals surface area contributed by atoms with Crippen molar-refractivity contribution < 1.29 is 9.53 Å². The van der Waals surface area contributed by atoms with E-state index < -0.39 is 0 Å². The first kappa shape index (κ1) is 33.1. The van der Waals surface area contributed by atoms with Crippen molar-refractivity contribution in [1.29, 1.82) is 0 Å². The summed E-state index contributed by atoms with van der Waals surface area (Å²) < 4.78 is 4.70. The molecule has 0 fully saturated rings. The van der Waals surface area contributed by atoms with Gasteiger partial charge in [0.1, 0.15) is 0 Å². The summed E-state index contributed by atoms with van der Waals surface area (Å²) in [6.07, 6.45) is 2.53. The van der Waals surface area contributed by atoms with Crippen LogP contribution in [0.5, 0.6) is 0 Å². The summed E-state index contributed by atoms with van der Waals surface area (Å²) in [4.78, 5) is 15.5. The van der Waals surface area contributed by atoms with E-state index in [0.717, 1.165) is 12.1 Å². The third kappa shape index (κ3) is 5.42. The molecule has 4 nitrogen and oxygen atoms in total. The van der Waals surface area contributed by atoms with Crippen molar-refractivity contribution >= 4 is 44.4 Å². The molecular weight excluding hydrogens is 492 g/mol. The predicted octanol–water partition coefficient (Wildman–Crippen LogP) is 10.4. The van der Waals surface area contributed by atoms with Gasteiger partial charge in [-0.15, -0.1) is 0 Å². The first-order chi connectivity index (χ1) is 19.0. The first-order valence-corrected chi connectivity index (χ1v) is 15.0. The number of rotatable bonds is 4. The normalized spacial score (nSPS) is 22.5. The lowest BCUT2D eigenvalue weighted by atomic mass is 9.53. The van der Waals surface area contributed by atoms with Gasteiger partial charge in [-0.1, -0.05) is 97.9 Å². The van der Waals surface area contributed by atoms with Gasteiger partial charge in [0.25, 0.3) is 0 Å². The molecule has 0 spiro atoms. The van der Waals surface area contributed by atoms with Crippen LogP contribution in [-0.4, -0.2) is 24.1 Å². The highest BCUT2D eigenvalue weighted by molar-refractivity contribution is 6.22. The van der Waals surface area contributed by atoms with Crippen LogP contribution in [0.1, 0.15) is 95.1 Å². The van der Waals surface area contributed by atoms with Crippen LogP contribution in [0.3, 0.4) is 0 Å². The SMILES string of the molecule is CC.CC.CCC1C(C)=Nc2c3c4c(cccc4c4ccccc24)C(C)(C(C)C)C1(C)N3.CO/C(C)=C\C(C)=O. The van der Waals surface area contributed by atoms with Crippen LogP contribution in [0.2, 0.25) is 0 Å². The van der Waals surface area contributed by atoms with E-state index in [2.05, 4.69) is 89.3 Å². The van der Waals surface area contributed by atoms with Crippen LogP contribution in [0.25, 0.3) is 21.5 Å². The van der Waals surface area contributed by atoms with Gasteiger partial charge in [0, 0.05) is 33.9 Å². The zero-order chi connectivity index (χ0) is 30.4. The maximum Gasteiger partial charge on any atom is 0.155 e. The van der Waals surface area contributed by atoms with E-state index in [4.69, 9.17) is 9.73 Å². The van der Waals surface area contributed by atoms with Crippen LogP contribution in [-0.2, 0) is 14.9 Å². The Kier molecular flexibility index (Phi) is 11.1. The van der Waals surface area contributed by atoms with E-state index >= 15 is 0 Å². The Bertz CT molecular complexity index is 1400. The maximum atomic E-state index is 10.3. The second-order valence-electron chi connectivity index (χ2n) is 11.0. The number of anilines is 1. The molecule has 2 aliphatic rings. The number of fused-ring (bicyclic) bond motifs is 4. The Morgan fingerprint density at radius 1 is 1.00 bits per heavy atom. The molecule has 0 saturated carbocycles. The summed E-state index contributed by atoms with van der Waals surface area (Å²) >= 11 is 0. The van der Waals surface area contributed by atoms with Gasteiger partial charge >= 0.3 is 0 Å². The molecule has 3 aromatic carbocycles. The number of allylic oxidation sites excluding steroid dienone is 2. The van der Waals surface area contributed by atoms with Crippen molar-refractivity contribution in [3.05, 3.63) is 59.9 Å². The number of methoxy groups -OCH3 is 1. The smallest absolute Gasteiger partial charge is 0.155 e. The molecule has 40 heavy (non-hydrogen) atoms. The lowest BCUT2D eigenvalue weighted by Crippen LogP contribution is -2.62. The summed E-state index contributed by atoms with van der Waals surface area (Å²) in [7, 11) is 1.54. The zero-order valence-corrected chi connectivity index (χ0v) is 27.2. The molecule has 0 amide bonds. The number of benzene rings is 3. The minimum atomic E-state index is -0.0848. The number of nitrogens with zero attached hydrogens (tertiary/aromatic N) is 1. The van der Waals surface area contributed by atoms with Crippen molar-refractivity contribution in [2.24, 2.45) is 16.8 Å². The molecule has 3 atom stereocenters. The van der Waals surface area contributed by atoms with Crippen molar-refractivity contribution in [3.63, 3.8) is 0 Å². The molecule has 5 rings (SSSR count). The van der Waals surface area contributed by atoms with Crippen molar-refractivity contribution in [3.8, 4) is 0 Å². The van der Waals surface area contributed by atoms with E-state index in [1.807, 2.05) is 27.7 Å². The number of ether oxygens (including phenoxy) is 1. The molecular formula is C36H52N2O2. The average Bonchev–Trinajstić information content (AvgIpc) is 3.06. The van der Waals surface area contributed by atoms with Crippen LogP contribution in [0.15, 0.2) is 59.3 Å². The number of ketones is 1. The van der Waals surface area contributed by atoms with Crippen LogP contribution in [0, 0.1) is 11.8 Å². The minimum absolute atomic E-state index is 0.00103. The zero-order valence-electron chi connectivity index (χ0n) is 27.2. The van der Waals surface area contributed by atoms with Gasteiger partial charge in [-0.2, -0.15) is 0 Å². The van der Waals surface area contributed by atoms with E-state index in [1.54, 1.807) is 6.92 Å². The number of carbonyl (C=O) groups is 1. The molecule has 0 aromatic heterocycles. The highest BCUT2D eigenvalue weighted by atomic mass is 16.5. The molecule has 2 bridgehead atoms. The Morgan fingerprint density at radius 2 is 1.57 bits per heavy atom. The Balaban J connectivity index is 0.000000402. The van der Waals surface area contributed by atoms with Gasteiger partial charge < -0.3 is 10.1 Å². The average molecular weight is 545 g/mol. The molecule has 3 unspecified atom stereocenters. The van der Waals surface area contributed by atoms with Gasteiger partial charge in [0.2, 0.25) is 0 Å². The van der Waals surface area contributed by atoms with Crippen molar-refractivity contribution in [1.82, 2.24) is 0 Å². The standard InChI is InChI=1S/C26H30N2.C6H10O2.2C2H6/c1-7-20-16(4)27-23-19-12-9-8-11-17(19)18-13-10-14-21-22(18)24(23)28-26(20,6)25(21,5)15(2)3;1-5(7)4-6(2)8-3;2*1-2/h8-15,20,28H,7H2,1-6H3;4H,1-3H3;2*1-2H3/b;6-4-;;. The number of hydrogen-bond acceptors (Lipinski definition) is 4. The summed E-state index contributed by atoms with van der Waals surface area (Å²) in [6.45, 7) is 25.4. The highest BCUT2D eigenvalue weighted by Crippen LogP contribution is 2.59. The largest absolute Gasteiger partial charge is 0.501 e. The van der Waals surface area contributed by atoms with Gasteiger partial charge in [-0.3, -0.25) is 9.79 Å². The molecule has 1 N–H and O–H groups in total. The van der Waals surface area contributed by atoms with Gasteiger partial charge in [0.15, 0.2) is 5.78 Å². The summed E-state index contributed by atoms with van der Waals surface area (Å²) in [6, 6.07) is 15.7. The summed E-state index contributed by atoms with van der Waals surface area (Å²) in [5.74, 6) is 1.55. The minimum Gasteiger partial charge on any atom is -0.501 e. The summed E-state index contributed by atoms with van der Waals surface area (Å²) in [5.41, 5.74) is 5.01. The quantitative estimate of drug-likeness (QED) is 0.202. The van der Waals surface area contributed by atoms with E-state index in [0.29, 0.717) is 17.6 Å². The Morgan fingerprint density at radius 3 is 2.08 bits per heavy atom. The fourth-order valence-corrected chi connectivity index (χ4v) is 6.64. The van der Waals surface area contributed by atoms with E-state index in [1.165, 1.54) is 58.6 Å². The monoisotopic (exact) mass is 544 g/mol. The van der Waals surface area contributed by atoms with Crippen LogP contribution >= 0.6 is 0 Å². The molecule has 218 valence electrons. The summed E-state index contributed by atoms with van der Waals surface area (Å²) in [5, 5.41) is 9.37. The number of aliphatic imine (C=N–C) groups is 1. The molecule has 2 heterocycles. The Labute approximate surface area is 243 Å². The molecule has 2 aliphatic heterocycles. The van der Waals surface area contributed by atoms with Gasteiger partial charge in [-0.05, 0) is 56.4 Å². The molecule has 0 radical (unpaired) electrons. The maximum absolute atomic E-state index is 10.3. The topological polar surface area (TPSA) is 50.7 Å². The molecule has 4 heteroatoms. The lowest BCUT2D eigenvalue weighted by Gasteiger charge is -2.56. The van der Waals surface area contributed by atoms with E-state index in [9.17, 15) is 4.79 Å². The van der Waals surface area contributed by atoms with Gasteiger partial charge in [0.05, 0.1) is 29.8 Å². The predicted molar refractivity (Wildman–Crippen MR) is 176 cm³/mol. The fraction of sp³-hybridized carbons (Fsp3) is 0.500. The highest BCUT2D eigenvalue weighted by Gasteiger charge is 2.56. The second-order valence-corrected chi connectivity index (χ2v) is 11.0. The third-order valence-electron chi connectivity index (χ3n) is 8.83. The number of carbonyl (C=O) groups excluding carboxylic acids is 1. The van der Waals surface area contributed by atoms with E-state index in [-0.39, 0.29) is 16.7 Å². The molecule has 3 aromatic rings. The molecule has 0 aliphatic carbocycles. The van der Waals surface area contributed by atoms with Crippen LogP contribution in [0.4, 0.5) is 11.4 Å².